The molecule has 1 aromatic carbocycles. The molecular weight excluding hydrogens is 268 g/mol. The van der Waals surface area contributed by atoms with E-state index in [-0.39, 0.29) is 0 Å². The van der Waals surface area contributed by atoms with Crippen LogP contribution in [0.15, 0.2) is 48.5 Å². The number of carbonyl (C=O) groups is 1. The molecule has 3 rings (SSSR count). The fourth-order valence-corrected chi connectivity index (χ4v) is 2.30. The van der Waals surface area contributed by atoms with Gasteiger partial charge in [-0.3, -0.25) is 0 Å². The molecule has 0 amide bonds. The number of methoxy groups -OCH3 is 2. The fraction of sp³-hybridized carbons (Fsp3) is 0.125. The van der Waals surface area contributed by atoms with Crippen LogP contribution in [-0.2, 0) is 4.74 Å². The summed E-state index contributed by atoms with van der Waals surface area (Å²) >= 11 is 0. The largest absolute Gasteiger partial charge is 0.481 e. The minimum atomic E-state index is -0.419. The molecule has 0 aliphatic carbocycles. The molecule has 5 heteroatoms. The molecule has 0 saturated carbocycles. The van der Waals surface area contributed by atoms with Gasteiger partial charge in [-0.25, -0.2) is 4.79 Å². The van der Waals surface area contributed by atoms with Crippen molar-refractivity contribution in [1.29, 1.82) is 0 Å². The predicted octanol–water partition coefficient (Wildman–Crippen LogP) is 2.80. The number of aromatic nitrogens is 2. The summed E-state index contributed by atoms with van der Waals surface area (Å²) in [4.78, 5) is 12.2. The van der Waals surface area contributed by atoms with Crippen molar-refractivity contribution in [3.63, 3.8) is 0 Å². The van der Waals surface area contributed by atoms with Crippen LogP contribution in [0.25, 0.3) is 16.8 Å². The molecule has 0 atom stereocenters. The second-order valence-electron chi connectivity index (χ2n) is 4.45. The van der Waals surface area contributed by atoms with Crippen LogP contribution in [0.4, 0.5) is 0 Å². The van der Waals surface area contributed by atoms with Gasteiger partial charge in [0.15, 0.2) is 0 Å². The van der Waals surface area contributed by atoms with Gasteiger partial charge < -0.3 is 9.47 Å². The van der Waals surface area contributed by atoms with Gasteiger partial charge in [0, 0.05) is 11.6 Å². The van der Waals surface area contributed by atoms with Gasteiger partial charge in [-0.15, -0.1) is 0 Å². The summed E-state index contributed by atoms with van der Waals surface area (Å²) in [7, 11) is 2.93. The Kier molecular flexibility index (Phi) is 3.31. The van der Waals surface area contributed by atoms with Crippen LogP contribution in [-0.4, -0.2) is 29.8 Å². The van der Waals surface area contributed by atoms with Crippen molar-refractivity contribution in [2.45, 2.75) is 0 Å². The highest BCUT2D eigenvalue weighted by Gasteiger charge is 2.22. The van der Waals surface area contributed by atoms with Gasteiger partial charge in [0.05, 0.1) is 19.7 Å². The van der Waals surface area contributed by atoms with Crippen molar-refractivity contribution >= 4 is 11.5 Å². The van der Waals surface area contributed by atoms with E-state index < -0.39 is 5.97 Å². The van der Waals surface area contributed by atoms with E-state index in [2.05, 4.69) is 5.10 Å². The molecule has 5 nitrogen and oxygen atoms in total. The van der Waals surface area contributed by atoms with Crippen molar-refractivity contribution in [3.05, 3.63) is 54.1 Å². The van der Waals surface area contributed by atoms with Crippen LogP contribution >= 0.6 is 0 Å². The van der Waals surface area contributed by atoms with Crippen LogP contribution in [0, 0.1) is 0 Å². The summed E-state index contributed by atoms with van der Waals surface area (Å²) in [6.07, 6.45) is 0. The number of carbonyl (C=O) groups excluding carboxylic acids is 1. The van der Waals surface area contributed by atoms with Gasteiger partial charge in [0.25, 0.3) is 0 Å². The summed E-state index contributed by atoms with van der Waals surface area (Å²) < 4.78 is 11.8. The predicted molar refractivity (Wildman–Crippen MR) is 78.5 cm³/mol. The van der Waals surface area contributed by atoms with E-state index in [1.54, 1.807) is 17.7 Å². The SMILES string of the molecule is COC(=O)c1c(-c2ccccc2)nn2c(OC)cccc12. The number of esters is 1. The number of pyridine rings is 1. The molecule has 106 valence electrons. The van der Waals surface area contributed by atoms with E-state index in [0.29, 0.717) is 22.7 Å². The van der Waals surface area contributed by atoms with Gasteiger partial charge in [-0.1, -0.05) is 36.4 Å². The highest BCUT2D eigenvalue weighted by atomic mass is 16.5. The summed E-state index contributed by atoms with van der Waals surface area (Å²) in [6.45, 7) is 0. The maximum Gasteiger partial charge on any atom is 0.342 e. The summed E-state index contributed by atoms with van der Waals surface area (Å²) in [5.41, 5.74) is 2.51. The first-order valence-corrected chi connectivity index (χ1v) is 6.45. The molecule has 0 saturated heterocycles. The lowest BCUT2D eigenvalue weighted by Gasteiger charge is -2.02. The van der Waals surface area contributed by atoms with Crippen molar-refractivity contribution in [3.8, 4) is 17.1 Å². The molecule has 0 unspecified atom stereocenters. The zero-order valence-electron chi connectivity index (χ0n) is 11.7. The van der Waals surface area contributed by atoms with Crippen LogP contribution in [0.2, 0.25) is 0 Å². The third-order valence-corrected chi connectivity index (χ3v) is 3.27. The Balaban J connectivity index is 2.35. The van der Waals surface area contributed by atoms with E-state index in [4.69, 9.17) is 9.47 Å². The highest BCUT2D eigenvalue weighted by Crippen LogP contribution is 2.29. The Bertz CT molecular complexity index is 794. The standard InChI is InChI=1S/C16H14N2O3/c1-20-13-10-6-9-12-14(16(19)21-2)15(17-18(12)13)11-7-4-3-5-8-11/h3-10H,1-2H3. The van der Waals surface area contributed by atoms with E-state index in [1.807, 2.05) is 42.5 Å². The molecule has 0 N–H and O–H groups in total. The normalized spacial score (nSPS) is 10.6. The average molecular weight is 282 g/mol. The van der Waals surface area contributed by atoms with Gasteiger partial charge in [0.2, 0.25) is 5.88 Å². The Morgan fingerprint density at radius 3 is 2.48 bits per heavy atom. The van der Waals surface area contributed by atoms with Crippen LogP contribution in [0.1, 0.15) is 10.4 Å². The highest BCUT2D eigenvalue weighted by molar-refractivity contribution is 6.03. The van der Waals surface area contributed by atoms with Crippen LogP contribution in [0.5, 0.6) is 5.88 Å². The van der Waals surface area contributed by atoms with Crippen molar-refractivity contribution in [2.75, 3.05) is 14.2 Å². The molecule has 21 heavy (non-hydrogen) atoms. The fourth-order valence-electron chi connectivity index (χ4n) is 2.30. The molecule has 0 bridgehead atoms. The van der Waals surface area contributed by atoms with Gasteiger partial charge in [0.1, 0.15) is 11.3 Å². The van der Waals surface area contributed by atoms with Gasteiger partial charge in [-0.05, 0) is 6.07 Å². The summed E-state index contributed by atoms with van der Waals surface area (Å²) in [6, 6.07) is 14.9. The van der Waals surface area contributed by atoms with Crippen molar-refractivity contribution in [2.24, 2.45) is 0 Å². The Hall–Kier alpha value is -2.82. The molecular formula is C16H14N2O3. The van der Waals surface area contributed by atoms with Crippen molar-refractivity contribution < 1.29 is 14.3 Å². The molecule has 0 spiro atoms. The van der Waals surface area contributed by atoms with Crippen LogP contribution < -0.4 is 4.74 Å². The molecule has 2 heterocycles. The Morgan fingerprint density at radius 2 is 1.81 bits per heavy atom. The number of hydrogen-bond acceptors (Lipinski definition) is 4. The lowest BCUT2D eigenvalue weighted by atomic mass is 10.1. The smallest absolute Gasteiger partial charge is 0.342 e. The van der Waals surface area contributed by atoms with E-state index in [9.17, 15) is 4.79 Å². The molecule has 0 radical (unpaired) electrons. The molecule has 2 aromatic heterocycles. The molecule has 0 aliphatic rings. The quantitative estimate of drug-likeness (QED) is 0.693. The van der Waals surface area contributed by atoms with Crippen LogP contribution in [0.3, 0.4) is 0 Å². The first-order valence-electron chi connectivity index (χ1n) is 6.45. The number of benzene rings is 1. The second-order valence-corrected chi connectivity index (χ2v) is 4.45. The van der Waals surface area contributed by atoms with E-state index in [0.717, 1.165) is 5.56 Å². The maximum atomic E-state index is 12.2. The zero-order chi connectivity index (χ0) is 14.8. The molecule has 0 aliphatic heterocycles. The van der Waals surface area contributed by atoms with Gasteiger partial charge in [-0.2, -0.15) is 9.61 Å². The Labute approximate surface area is 121 Å². The van der Waals surface area contributed by atoms with E-state index >= 15 is 0 Å². The second kappa shape index (κ2) is 5.28. The average Bonchev–Trinajstić information content (AvgIpc) is 2.94. The topological polar surface area (TPSA) is 52.8 Å². The zero-order valence-corrected chi connectivity index (χ0v) is 11.7. The number of ether oxygens (including phenoxy) is 2. The van der Waals surface area contributed by atoms with Crippen molar-refractivity contribution in [1.82, 2.24) is 9.61 Å². The minimum absolute atomic E-state index is 0.419. The first kappa shape index (κ1) is 13.2. The molecule has 3 aromatic rings. The number of rotatable bonds is 3. The number of hydrogen-bond donors (Lipinski definition) is 0. The lowest BCUT2D eigenvalue weighted by Crippen LogP contribution is -2.02. The van der Waals surface area contributed by atoms with Gasteiger partial charge >= 0.3 is 5.97 Å². The summed E-state index contributed by atoms with van der Waals surface area (Å²) in [5, 5.41) is 4.51. The summed E-state index contributed by atoms with van der Waals surface area (Å²) in [5.74, 6) is 0.136. The number of fused-ring (bicyclic) bond motifs is 1. The third kappa shape index (κ3) is 2.12. The molecule has 0 fully saturated rings. The maximum absolute atomic E-state index is 12.2. The monoisotopic (exact) mass is 282 g/mol. The first-order chi connectivity index (χ1) is 10.3. The number of nitrogens with zero attached hydrogens (tertiary/aromatic N) is 2. The Morgan fingerprint density at radius 1 is 1.05 bits per heavy atom. The minimum Gasteiger partial charge on any atom is -0.481 e. The lowest BCUT2D eigenvalue weighted by molar-refractivity contribution is 0.0604. The van der Waals surface area contributed by atoms with E-state index in [1.165, 1.54) is 7.11 Å². The third-order valence-electron chi connectivity index (χ3n) is 3.27.